The molecule has 0 fully saturated rings. The van der Waals surface area contributed by atoms with Crippen LogP contribution in [0.15, 0.2) is 36.1 Å². The Hall–Kier alpha value is -2.63. The molecule has 8 heteroatoms. The van der Waals surface area contributed by atoms with Crippen LogP contribution in [-0.2, 0) is 6.42 Å². The third kappa shape index (κ3) is 2.52. The van der Waals surface area contributed by atoms with Gasteiger partial charge in [0, 0.05) is 41.3 Å². The largest absolute Gasteiger partial charge is 0.382 e. The van der Waals surface area contributed by atoms with Crippen LogP contribution in [0.5, 0.6) is 0 Å². The Morgan fingerprint density at radius 1 is 1.38 bits per heavy atom. The Kier molecular flexibility index (Phi) is 3.86. The molecule has 1 aromatic carbocycles. The van der Waals surface area contributed by atoms with Crippen LogP contribution in [0.25, 0.3) is 21.0 Å². The minimum atomic E-state index is -3.22. The second-order valence-corrected chi connectivity index (χ2v) is 6.94. The summed E-state index contributed by atoms with van der Waals surface area (Å²) in [6.07, 6.45) is 0.848. The van der Waals surface area contributed by atoms with Gasteiger partial charge in [0.05, 0.1) is 17.0 Å². The molecule has 26 heavy (non-hydrogen) atoms. The molecule has 1 unspecified atom stereocenters. The van der Waals surface area contributed by atoms with Crippen molar-refractivity contribution in [2.75, 3.05) is 0 Å². The van der Waals surface area contributed by atoms with Crippen molar-refractivity contribution in [2.45, 2.75) is 24.9 Å². The normalized spacial score (nSPS) is 18.3. The summed E-state index contributed by atoms with van der Waals surface area (Å²) in [5, 5.41) is 10.3. The monoisotopic (exact) mass is 375 g/mol. The molecule has 0 saturated carbocycles. The van der Waals surface area contributed by atoms with Gasteiger partial charge in [-0.1, -0.05) is 0 Å². The molecule has 1 aliphatic carbocycles. The van der Waals surface area contributed by atoms with E-state index in [0.29, 0.717) is 21.8 Å². The second kappa shape index (κ2) is 5.97. The lowest BCUT2D eigenvalue weighted by Crippen LogP contribution is -2.32. The van der Waals surface area contributed by atoms with Crippen LogP contribution >= 0.6 is 11.3 Å². The van der Waals surface area contributed by atoms with E-state index in [1.807, 2.05) is 0 Å². The molecule has 4 rings (SSSR count). The molecule has 1 aliphatic rings. The van der Waals surface area contributed by atoms with Gasteiger partial charge in [-0.3, -0.25) is 4.98 Å². The summed E-state index contributed by atoms with van der Waals surface area (Å²) in [6, 6.07) is 4.04. The van der Waals surface area contributed by atoms with E-state index in [1.165, 1.54) is 29.5 Å². The lowest BCUT2D eigenvalue weighted by atomic mass is 9.89. The number of fused-ring (bicyclic) bond motifs is 1. The summed E-state index contributed by atoms with van der Waals surface area (Å²) >= 11 is 1.28. The number of hydrogen-bond donors (Lipinski definition) is 1. The first kappa shape index (κ1) is 16.8. The zero-order valence-corrected chi connectivity index (χ0v) is 14.1. The van der Waals surface area contributed by atoms with Gasteiger partial charge < -0.3 is 9.67 Å². The number of halogens is 3. The lowest BCUT2D eigenvalue weighted by molar-refractivity contribution is -0.121. The average Bonchev–Trinajstić information content (AvgIpc) is 3.26. The van der Waals surface area contributed by atoms with Gasteiger partial charge in [0.15, 0.2) is 0 Å². The first-order valence-electron chi connectivity index (χ1n) is 7.78. The molecule has 0 spiro atoms. The first-order chi connectivity index (χ1) is 12.4. The highest BCUT2D eigenvalue weighted by Gasteiger charge is 2.46. The van der Waals surface area contributed by atoms with E-state index >= 15 is 0 Å². The third-order valence-electron chi connectivity index (χ3n) is 4.54. The smallest absolute Gasteiger partial charge is 0.278 e. The average molecular weight is 375 g/mol. The highest BCUT2D eigenvalue weighted by Crippen LogP contribution is 2.47. The molecule has 0 radical (unpaired) electrons. The van der Waals surface area contributed by atoms with Gasteiger partial charge in [-0.25, -0.2) is 18.0 Å². The second-order valence-electron chi connectivity index (χ2n) is 6.05. The molecular formula is C18H12F3N3OS. The number of alkyl halides is 2. The standard InChI is InChI=1S/C18H12F3N3OS/c1-22-13-6-10(2-3-12(13)19)24-8-11(15-7-23-9-26-15)16-14(24)4-5-18(20,21)17(16)25/h2-3,6-9,17,25H,4-5H2. The van der Waals surface area contributed by atoms with E-state index in [1.54, 1.807) is 22.5 Å². The van der Waals surface area contributed by atoms with Gasteiger partial charge in [0.25, 0.3) is 5.92 Å². The van der Waals surface area contributed by atoms with Crippen LogP contribution in [0, 0.1) is 12.4 Å². The highest BCUT2D eigenvalue weighted by atomic mass is 32.1. The molecular weight excluding hydrogens is 363 g/mol. The Morgan fingerprint density at radius 2 is 2.19 bits per heavy atom. The molecule has 2 heterocycles. The van der Waals surface area contributed by atoms with Gasteiger partial charge in [-0.2, -0.15) is 0 Å². The summed E-state index contributed by atoms with van der Waals surface area (Å²) in [6.45, 7) is 7.06. The molecule has 1 N–H and O–H groups in total. The summed E-state index contributed by atoms with van der Waals surface area (Å²) in [7, 11) is 0. The maximum Gasteiger partial charge on any atom is 0.278 e. The summed E-state index contributed by atoms with van der Waals surface area (Å²) in [5.41, 5.74) is 3.10. The molecule has 0 saturated heterocycles. The maximum atomic E-state index is 14.1. The Balaban J connectivity index is 1.96. The van der Waals surface area contributed by atoms with Crippen LogP contribution in [0.3, 0.4) is 0 Å². The molecule has 0 aliphatic heterocycles. The van der Waals surface area contributed by atoms with Crippen LogP contribution in [-0.4, -0.2) is 20.6 Å². The number of thiazole rings is 1. The van der Waals surface area contributed by atoms with Crippen molar-refractivity contribution >= 4 is 17.0 Å². The van der Waals surface area contributed by atoms with Crippen molar-refractivity contribution in [1.82, 2.24) is 9.55 Å². The minimum absolute atomic E-state index is 0.0585. The van der Waals surface area contributed by atoms with E-state index < -0.39 is 24.3 Å². The number of aliphatic hydroxyl groups is 1. The number of benzene rings is 1. The van der Waals surface area contributed by atoms with Crippen LogP contribution in [0.4, 0.5) is 18.9 Å². The zero-order chi connectivity index (χ0) is 18.5. The summed E-state index contributed by atoms with van der Waals surface area (Å²) in [5.74, 6) is -3.86. The van der Waals surface area contributed by atoms with Crippen LogP contribution < -0.4 is 0 Å². The van der Waals surface area contributed by atoms with E-state index in [-0.39, 0.29) is 17.7 Å². The van der Waals surface area contributed by atoms with Gasteiger partial charge in [0.1, 0.15) is 11.9 Å². The van der Waals surface area contributed by atoms with Crippen molar-refractivity contribution in [3.8, 4) is 16.1 Å². The fourth-order valence-corrected chi connectivity index (χ4v) is 3.91. The van der Waals surface area contributed by atoms with Crippen molar-refractivity contribution in [2.24, 2.45) is 0 Å². The van der Waals surface area contributed by atoms with Gasteiger partial charge in [0.2, 0.25) is 5.69 Å². The van der Waals surface area contributed by atoms with Crippen LogP contribution in [0.1, 0.15) is 23.8 Å². The fourth-order valence-electron chi connectivity index (χ4n) is 3.27. The first-order valence-corrected chi connectivity index (χ1v) is 8.66. The number of aromatic nitrogens is 2. The predicted octanol–water partition coefficient (Wildman–Crippen LogP) is 4.91. The van der Waals surface area contributed by atoms with Crippen molar-refractivity contribution in [3.05, 3.63) is 64.6 Å². The van der Waals surface area contributed by atoms with Gasteiger partial charge in [-0.15, -0.1) is 11.3 Å². The van der Waals surface area contributed by atoms with Crippen LogP contribution in [0.2, 0.25) is 0 Å². The minimum Gasteiger partial charge on any atom is -0.382 e. The maximum absolute atomic E-state index is 14.1. The zero-order valence-electron chi connectivity index (χ0n) is 13.3. The van der Waals surface area contributed by atoms with E-state index in [2.05, 4.69) is 9.83 Å². The van der Waals surface area contributed by atoms with E-state index in [9.17, 15) is 18.3 Å². The van der Waals surface area contributed by atoms with Gasteiger partial charge in [-0.05, 0) is 24.6 Å². The Morgan fingerprint density at radius 3 is 2.88 bits per heavy atom. The molecule has 3 aromatic rings. The Labute approximate surface area is 151 Å². The topological polar surface area (TPSA) is 42.4 Å². The summed E-state index contributed by atoms with van der Waals surface area (Å²) in [4.78, 5) is 7.78. The molecule has 0 amide bonds. The van der Waals surface area contributed by atoms with Crippen molar-refractivity contribution in [1.29, 1.82) is 0 Å². The Bertz CT molecular complexity index is 1020. The molecule has 1 atom stereocenters. The predicted molar refractivity (Wildman–Crippen MR) is 91.3 cm³/mol. The quantitative estimate of drug-likeness (QED) is 0.647. The lowest BCUT2D eigenvalue weighted by Gasteiger charge is -2.29. The van der Waals surface area contributed by atoms with E-state index in [0.717, 1.165) is 0 Å². The number of rotatable bonds is 2. The molecule has 0 bridgehead atoms. The number of nitrogens with zero attached hydrogens (tertiary/aromatic N) is 3. The number of hydrogen-bond acceptors (Lipinski definition) is 3. The van der Waals surface area contributed by atoms with Crippen molar-refractivity contribution < 1.29 is 18.3 Å². The fraction of sp³-hybridized carbons (Fsp3) is 0.222. The van der Waals surface area contributed by atoms with Crippen molar-refractivity contribution in [3.63, 3.8) is 0 Å². The number of aliphatic hydroxyl groups excluding tert-OH is 1. The SMILES string of the molecule is [C-]#[N+]c1cc(-n2cc(-c3cncs3)c3c2CCC(F)(F)C3O)ccc1F. The summed E-state index contributed by atoms with van der Waals surface area (Å²) < 4.78 is 43.5. The highest BCUT2D eigenvalue weighted by molar-refractivity contribution is 7.13. The molecule has 132 valence electrons. The third-order valence-corrected chi connectivity index (χ3v) is 5.35. The van der Waals surface area contributed by atoms with E-state index in [4.69, 9.17) is 6.57 Å². The van der Waals surface area contributed by atoms with Gasteiger partial charge >= 0.3 is 0 Å². The molecule has 4 nitrogen and oxygen atoms in total. The molecule has 2 aromatic heterocycles.